The lowest BCUT2D eigenvalue weighted by molar-refractivity contribution is -0.121. The SMILES string of the molecule is CCCOc1ccc(N2C(=O)CC(Nc3ccc(Cl)cc3)C2=O)cc1. The van der Waals surface area contributed by atoms with Crippen LogP contribution < -0.4 is 15.0 Å². The van der Waals surface area contributed by atoms with E-state index in [0.717, 1.165) is 17.9 Å². The summed E-state index contributed by atoms with van der Waals surface area (Å²) in [6, 6.07) is 13.4. The van der Waals surface area contributed by atoms with Crippen LogP contribution in [0.15, 0.2) is 48.5 Å². The molecule has 2 aromatic carbocycles. The maximum atomic E-state index is 12.6. The van der Waals surface area contributed by atoms with E-state index in [1.807, 2.05) is 6.92 Å². The van der Waals surface area contributed by atoms with Gasteiger partial charge in [0.05, 0.1) is 18.7 Å². The predicted molar refractivity (Wildman–Crippen MR) is 98.2 cm³/mol. The number of hydrogen-bond acceptors (Lipinski definition) is 4. The first kappa shape index (κ1) is 17.3. The number of carbonyl (C=O) groups excluding carboxylic acids is 2. The van der Waals surface area contributed by atoms with Gasteiger partial charge in [0.1, 0.15) is 11.8 Å². The summed E-state index contributed by atoms with van der Waals surface area (Å²) in [5, 5.41) is 3.71. The number of nitrogens with one attached hydrogen (secondary N) is 1. The summed E-state index contributed by atoms with van der Waals surface area (Å²) in [6.07, 6.45) is 1.04. The minimum absolute atomic E-state index is 0.121. The molecular formula is C19H19ClN2O3. The molecular weight excluding hydrogens is 340 g/mol. The standard InChI is InChI=1S/C19H19ClN2O3/c1-2-11-25-16-9-7-15(8-10-16)22-18(23)12-17(19(22)24)21-14-5-3-13(20)4-6-14/h3-10,17,21H,2,11-12H2,1H3. The molecule has 2 aromatic rings. The Morgan fingerprint density at radius 3 is 2.44 bits per heavy atom. The Morgan fingerprint density at radius 2 is 1.80 bits per heavy atom. The van der Waals surface area contributed by atoms with Gasteiger partial charge in [0.25, 0.3) is 5.91 Å². The lowest BCUT2D eigenvalue weighted by Gasteiger charge is -2.16. The molecule has 0 bridgehead atoms. The largest absolute Gasteiger partial charge is 0.494 e. The highest BCUT2D eigenvalue weighted by Crippen LogP contribution is 2.27. The molecule has 0 spiro atoms. The maximum absolute atomic E-state index is 12.6. The zero-order chi connectivity index (χ0) is 17.8. The first-order valence-electron chi connectivity index (χ1n) is 8.20. The number of carbonyl (C=O) groups is 2. The lowest BCUT2D eigenvalue weighted by Crippen LogP contribution is -2.34. The van der Waals surface area contributed by atoms with Crippen molar-refractivity contribution < 1.29 is 14.3 Å². The molecule has 1 fully saturated rings. The van der Waals surface area contributed by atoms with Gasteiger partial charge in [-0.25, -0.2) is 4.90 Å². The molecule has 1 N–H and O–H groups in total. The van der Waals surface area contributed by atoms with Crippen molar-refractivity contribution in [3.8, 4) is 5.75 Å². The predicted octanol–water partition coefficient (Wildman–Crippen LogP) is 3.87. The number of nitrogens with zero attached hydrogens (tertiary/aromatic N) is 1. The number of rotatable bonds is 6. The van der Waals surface area contributed by atoms with Gasteiger partial charge in [0.15, 0.2) is 0 Å². The number of imide groups is 1. The minimum atomic E-state index is -0.579. The van der Waals surface area contributed by atoms with E-state index in [2.05, 4.69) is 5.32 Å². The zero-order valence-corrected chi connectivity index (χ0v) is 14.6. The van der Waals surface area contributed by atoms with Crippen LogP contribution in [0.5, 0.6) is 5.75 Å². The molecule has 5 nitrogen and oxygen atoms in total. The van der Waals surface area contributed by atoms with Crippen LogP contribution in [0.1, 0.15) is 19.8 Å². The highest BCUT2D eigenvalue weighted by molar-refractivity contribution is 6.30. The van der Waals surface area contributed by atoms with E-state index in [9.17, 15) is 9.59 Å². The molecule has 25 heavy (non-hydrogen) atoms. The quantitative estimate of drug-likeness (QED) is 0.796. The Balaban J connectivity index is 1.71. The molecule has 0 aliphatic carbocycles. The molecule has 1 atom stereocenters. The van der Waals surface area contributed by atoms with Gasteiger partial charge in [-0.2, -0.15) is 0 Å². The molecule has 3 rings (SSSR count). The third-order valence-electron chi connectivity index (χ3n) is 3.90. The fourth-order valence-corrected chi connectivity index (χ4v) is 2.80. The van der Waals surface area contributed by atoms with E-state index >= 15 is 0 Å². The molecule has 1 saturated heterocycles. The molecule has 0 saturated carbocycles. The van der Waals surface area contributed by atoms with E-state index in [-0.39, 0.29) is 18.2 Å². The van der Waals surface area contributed by atoms with E-state index in [0.29, 0.717) is 17.3 Å². The highest BCUT2D eigenvalue weighted by Gasteiger charge is 2.39. The highest BCUT2D eigenvalue weighted by atomic mass is 35.5. The Morgan fingerprint density at radius 1 is 1.12 bits per heavy atom. The molecule has 0 radical (unpaired) electrons. The van der Waals surface area contributed by atoms with E-state index in [1.54, 1.807) is 48.5 Å². The van der Waals surface area contributed by atoms with Gasteiger partial charge in [-0.1, -0.05) is 18.5 Å². The Kier molecular flexibility index (Phi) is 5.24. The van der Waals surface area contributed by atoms with Gasteiger partial charge in [0.2, 0.25) is 5.91 Å². The molecule has 1 heterocycles. The monoisotopic (exact) mass is 358 g/mol. The summed E-state index contributed by atoms with van der Waals surface area (Å²) in [6.45, 7) is 2.66. The van der Waals surface area contributed by atoms with Crippen LogP contribution in [0, 0.1) is 0 Å². The van der Waals surface area contributed by atoms with Crippen LogP contribution in [-0.2, 0) is 9.59 Å². The van der Waals surface area contributed by atoms with Gasteiger partial charge in [-0.15, -0.1) is 0 Å². The van der Waals surface area contributed by atoms with Crippen molar-refractivity contribution in [2.75, 3.05) is 16.8 Å². The van der Waals surface area contributed by atoms with Crippen molar-refractivity contribution in [2.45, 2.75) is 25.8 Å². The molecule has 2 amide bonds. The summed E-state index contributed by atoms with van der Waals surface area (Å²) < 4.78 is 5.52. The average Bonchev–Trinajstić information content (AvgIpc) is 2.89. The van der Waals surface area contributed by atoms with Gasteiger partial charge in [0, 0.05) is 10.7 Å². The van der Waals surface area contributed by atoms with Crippen molar-refractivity contribution in [3.63, 3.8) is 0 Å². The van der Waals surface area contributed by atoms with Crippen LogP contribution in [-0.4, -0.2) is 24.5 Å². The van der Waals surface area contributed by atoms with E-state index in [4.69, 9.17) is 16.3 Å². The van der Waals surface area contributed by atoms with Gasteiger partial charge < -0.3 is 10.1 Å². The second-order valence-corrected chi connectivity index (χ2v) is 6.25. The zero-order valence-electron chi connectivity index (χ0n) is 13.9. The number of anilines is 2. The van der Waals surface area contributed by atoms with Crippen molar-refractivity contribution in [1.29, 1.82) is 0 Å². The number of ether oxygens (including phenoxy) is 1. The number of halogens is 1. The smallest absolute Gasteiger partial charge is 0.256 e. The van der Waals surface area contributed by atoms with Crippen LogP contribution >= 0.6 is 11.6 Å². The normalized spacial score (nSPS) is 17.0. The molecule has 6 heteroatoms. The summed E-state index contributed by atoms with van der Waals surface area (Å²) in [5.74, 6) is 0.237. The second kappa shape index (κ2) is 7.57. The number of hydrogen-bond donors (Lipinski definition) is 1. The topological polar surface area (TPSA) is 58.6 Å². The van der Waals surface area contributed by atoms with E-state index in [1.165, 1.54) is 4.90 Å². The average molecular weight is 359 g/mol. The summed E-state index contributed by atoms with van der Waals surface area (Å²) in [5.41, 5.74) is 1.31. The first-order valence-corrected chi connectivity index (χ1v) is 8.58. The second-order valence-electron chi connectivity index (χ2n) is 5.82. The summed E-state index contributed by atoms with van der Waals surface area (Å²) in [7, 11) is 0. The fourth-order valence-electron chi connectivity index (χ4n) is 2.67. The molecule has 1 unspecified atom stereocenters. The third-order valence-corrected chi connectivity index (χ3v) is 4.15. The Labute approximate surface area is 151 Å². The fraction of sp³-hybridized carbons (Fsp3) is 0.263. The maximum Gasteiger partial charge on any atom is 0.256 e. The van der Waals surface area contributed by atoms with Gasteiger partial charge in [-0.05, 0) is 55.0 Å². The first-order chi connectivity index (χ1) is 12.1. The van der Waals surface area contributed by atoms with Gasteiger partial charge in [-0.3, -0.25) is 9.59 Å². The third kappa shape index (κ3) is 3.94. The van der Waals surface area contributed by atoms with Gasteiger partial charge >= 0.3 is 0 Å². The summed E-state index contributed by atoms with van der Waals surface area (Å²) >= 11 is 5.86. The van der Waals surface area contributed by atoms with Crippen molar-refractivity contribution in [1.82, 2.24) is 0 Å². The lowest BCUT2D eigenvalue weighted by atomic mass is 10.2. The van der Waals surface area contributed by atoms with E-state index < -0.39 is 6.04 Å². The summed E-state index contributed by atoms with van der Waals surface area (Å²) in [4.78, 5) is 26.2. The molecule has 1 aliphatic rings. The minimum Gasteiger partial charge on any atom is -0.494 e. The number of benzene rings is 2. The number of amides is 2. The van der Waals surface area contributed by atoms with Crippen LogP contribution in [0.2, 0.25) is 5.02 Å². The Bertz CT molecular complexity index is 759. The van der Waals surface area contributed by atoms with Crippen molar-refractivity contribution in [3.05, 3.63) is 53.6 Å². The van der Waals surface area contributed by atoms with Crippen molar-refractivity contribution >= 4 is 34.8 Å². The van der Waals surface area contributed by atoms with Crippen LogP contribution in [0.25, 0.3) is 0 Å². The molecule has 0 aromatic heterocycles. The van der Waals surface area contributed by atoms with Crippen molar-refractivity contribution in [2.24, 2.45) is 0 Å². The Hall–Kier alpha value is -2.53. The van der Waals surface area contributed by atoms with Crippen LogP contribution in [0.4, 0.5) is 11.4 Å². The molecule has 130 valence electrons. The molecule has 1 aliphatic heterocycles. The van der Waals surface area contributed by atoms with Crippen LogP contribution in [0.3, 0.4) is 0 Å².